The fourth-order valence-electron chi connectivity index (χ4n) is 5.44. The van der Waals surface area contributed by atoms with Gasteiger partial charge in [-0.1, -0.05) is 43.9 Å². The van der Waals surface area contributed by atoms with Gasteiger partial charge in [0.15, 0.2) is 11.6 Å². The molecule has 2 atom stereocenters. The number of hydrogen-bond acceptors (Lipinski definition) is 4. The van der Waals surface area contributed by atoms with Gasteiger partial charge < -0.3 is 5.32 Å². The van der Waals surface area contributed by atoms with Gasteiger partial charge in [0.25, 0.3) is 5.91 Å². The van der Waals surface area contributed by atoms with Crippen LogP contribution in [0.1, 0.15) is 91.0 Å². The van der Waals surface area contributed by atoms with Gasteiger partial charge in [-0.2, -0.15) is 5.10 Å². The van der Waals surface area contributed by atoms with Crippen LogP contribution in [-0.4, -0.2) is 33.2 Å². The maximum absolute atomic E-state index is 12.7. The molecule has 1 amide bonds. The van der Waals surface area contributed by atoms with Crippen molar-refractivity contribution in [3.8, 4) is 0 Å². The van der Waals surface area contributed by atoms with Crippen LogP contribution in [0.3, 0.4) is 0 Å². The summed E-state index contributed by atoms with van der Waals surface area (Å²) in [7, 11) is 0. The lowest BCUT2D eigenvalue weighted by molar-refractivity contribution is 0.0919. The maximum Gasteiger partial charge on any atom is 0.251 e. The molecule has 2 saturated carbocycles. The first-order chi connectivity index (χ1) is 15.2. The number of rotatable bonds is 5. The van der Waals surface area contributed by atoms with Crippen molar-refractivity contribution in [3.05, 3.63) is 47.7 Å². The van der Waals surface area contributed by atoms with E-state index in [-0.39, 0.29) is 23.8 Å². The quantitative estimate of drug-likeness (QED) is 0.739. The van der Waals surface area contributed by atoms with Crippen molar-refractivity contribution < 1.29 is 9.59 Å². The van der Waals surface area contributed by atoms with Crippen LogP contribution in [0.4, 0.5) is 5.82 Å². The second-order valence-electron chi connectivity index (χ2n) is 9.32. The van der Waals surface area contributed by atoms with Crippen molar-refractivity contribution in [3.63, 3.8) is 0 Å². The summed E-state index contributed by atoms with van der Waals surface area (Å²) in [5, 5.41) is 7.78. The topological polar surface area (TPSA) is 76.3 Å². The number of carbonyl (C=O) groups excluding carboxylic acids is 2. The van der Waals surface area contributed by atoms with Gasteiger partial charge in [-0.25, -0.2) is 9.67 Å². The summed E-state index contributed by atoms with van der Waals surface area (Å²) in [6, 6.07) is 9.61. The SMILES string of the molecule is O=C(NC1CCCC(n2ncc3c2N=C(CC2CCCC2)CC3=O)C1)c1ccccc1. The molecule has 0 spiro atoms. The van der Waals surface area contributed by atoms with E-state index >= 15 is 0 Å². The van der Waals surface area contributed by atoms with E-state index < -0.39 is 0 Å². The van der Waals surface area contributed by atoms with E-state index in [1.165, 1.54) is 25.7 Å². The van der Waals surface area contributed by atoms with Crippen LogP contribution in [0.15, 0.2) is 41.5 Å². The van der Waals surface area contributed by atoms with Crippen LogP contribution in [0.5, 0.6) is 0 Å². The molecule has 6 nitrogen and oxygen atoms in total. The van der Waals surface area contributed by atoms with Crippen molar-refractivity contribution in [1.29, 1.82) is 0 Å². The minimum atomic E-state index is -0.0270. The number of amides is 1. The molecule has 2 heterocycles. The van der Waals surface area contributed by atoms with Crippen molar-refractivity contribution in [2.24, 2.45) is 10.9 Å². The van der Waals surface area contributed by atoms with Crippen molar-refractivity contribution in [2.45, 2.75) is 76.3 Å². The molecule has 31 heavy (non-hydrogen) atoms. The van der Waals surface area contributed by atoms with E-state index in [0.717, 1.165) is 43.6 Å². The number of ketones is 1. The van der Waals surface area contributed by atoms with E-state index in [4.69, 9.17) is 4.99 Å². The molecule has 0 saturated heterocycles. The number of aromatic nitrogens is 2. The predicted molar refractivity (Wildman–Crippen MR) is 120 cm³/mol. The number of carbonyl (C=O) groups is 2. The standard InChI is InChI=1S/C25H30N4O2/c30-23-15-20(13-17-7-4-5-8-17)27-24-22(23)16-26-29(24)21-12-6-11-19(14-21)28-25(31)18-9-2-1-3-10-18/h1-3,9-10,16-17,19,21H,4-8,11-15H2,(H,28,31). The number of nitrogens with one attached hydrogen (secondary N) is 1. The fraction of sp³-hybridized carbons (Fsp3) is 0.520. The Morgan fingerprint density at radius 2 is 1.87 bits per heavy atom. The van der Waals surface area contributed by atoms with Gasteiger partial charge in [0.2, 0.25) is 0 Å². The summed E-state index contributed by atoms with van der Waals surface area (Å²) in [5.41, 5.74) is 2.37. The Kier molecular flexibility index (Phi) is 5.70. The molecular formula is C25H30N4O2. The van der Waals surface area contributed by atoms with Crippen molar-refractivity contribution >= 4 is 23.2 Å². The van der Waals surface area contributed by atoms with Gasteiger partial charge in [0.1, 0.15) is 0 Å². The molecule has 3 aliphatic rings. The Balaban J connectivity index is 1.31. The third kappa shape index (κ3) is 4.34. The van der Waals surface area contributed by atoms with Crippen LogP contribution in [0.25, 0.3) is 0 Å². The van der Waals surface area contributed by atoms with E-state index in [0.29, 0.717) is 23.5 Å². The summed E-state index contributed by atoms with van der Waals surface area (Å²) in [5.74, 6) is 1.54. The van der Waals surface area contributed by atoms with Crippen LogP contribution in [0, 0.1) is 5.92 Å². The van der Waals surface area contributed by atoms with Gasteiger partial charge in [-0.3, -0.25) is 9.59 Å². The normalized spacial score (nSPS) is 24.0. The number of Topliss-reactive ketones (excluding diaryl/α,β-unsaturated/α-hetero) is 1. The van der Waals surface area contributed by atoms with Crippen molar-refractivity contribution in [1.82, 2.24) is 15.1 Å². The number of benzene rings is 1. The Bertz CT molecular complexity index is 988. The molecule has 162 valence electrons. The van der Waals surface area contributed by atoms with Crippen LogP contribution in [-0.2, 0) is 0 Å². The molecule has 2 aliphatic carbocycles. The fourth-order valence-corrected chi connectivity index (χ4v) is 5.44. The first-order valence-corrected chi connectivity index (χ1v) is 11.7. The van der Waals surface area contributed by atoms with Gasteiger partial charge >= 0.3 is 0 Å². The van der Waals surface area contributed by atoms with Crippen LogP contribution >= 0.6 is 0 Å². The van der Waals surface area contributed by atoms with Crippen LogP contribution < -0.4 is 5.32 Å². The smallest absolute Gasteiger partial charge is 0.251 e. The average Bonchev–Trinajstić information content (AvgIpc) is 3.45. The van der Waals surface area contributed by atoms with E-state index in [2.05, 4.69) is 10.4 Å². The average molecular weight is 419 g/mol. The van der Waals surface area contributed by atoms with E-state index in [9.17, 15) is 9.59 Å². The Hall–Kier alpha value is -2.76. The molecular weight excluding hydrogens is 388 g/mol. The third-order valence-corrected chi connectivity index (χ3v) is 7.06. The summed E-state index contributed by atoms with van der Waals surface area (Å²) in [4.78, 5) is 30.3. The van der Waals surface area contributed by atoms with Gasteiger partial charge in [-0.15, -0.1) is 0 Å². The zero-order valence-corrected chi connectivity index (χ0v) is 17.9. The molecule has 0 radical (unpaired) electrons. The third-order valence-electron chi connectivity index (χ3n) is 7.06. The highest BCUT2D eigenvalue weighted by Crippen LogP contribution is 2.37. The number of aliphatic imine (C=N–C) groups is 1. The molecule has 2 fully saturated rings. The second kappa shape index (κ2) is 8.77. The van der Waals surface area contributed by atoms with Crippen LogP contribution in [0.2, 0.25) is 0 Å². The lowest BCUT2D eigenvalue weighted by Crippen LogP contribution is -2.39. The van der Waals surface area contributed by atoms with E-state index in [1.54, 1.807) is 6.20 Å². The van der Waals surface area contributed by atoms with Crippen molar-refractivity contribution in [2.75, 3.05) is 0 Å². The zero-order chi connectivity index (χ0) is 21.2. The number of nitrogens with zero attached hydrogens (tertiary/aromatic N) is 3. The largest absolute Gasteiger partial charge is 0.349 e. The van der Waals surface area contributed by atoms with Gasteiger partial charge in [0.05, 0.1) is 17.8 Å². The predicted octanol–water partition coefficient (Wildman–Crippen LogP) is 5.04. The number of hydrogen-bond donors (Lipinski definition) is 1. The minimum absolute atomic E-state index is 0.0270. The summed E-state index contributed by atoms with van der Waals surface area (Å²) >= 11 is 0. The molecule has 6 heteroatoms. The minimum Gasteiger partial charge on any atom is -0.349 e. The highest BCUT2D eigenvalue weighted by atomic mass is 16.1. The highest BCUT2D eigenvalue weighted by Gasteiger charge is 2.31. The van der Waals surface area contributed by atoms with Gasteiger partial charge in [0, 0.05) is 23.7 Å². The highest BCUT2D eigenvalue weighted by molar-refractivity contribution is 6.15. The van der Waals surface area contributed by atoms with Gasteiger partial charge in [-0.05, 0) is 50.2 Å². The molecule has 2 unspecified atom stereocenters. The summed E-state index contributed by atoms with van der Waals surface area (Å²) < 4.78 is 1.96. The Labute approximate surface area is 183 Å². The number of fused-ring (bicyclic) bond motifs is 1. The molecule has 1 aromatic heterocycles. The molecule has 2 aromatic rings. The molecule has 5 rings (SSSR count). The Morgan fingerprint density at radius 1 is 1.06 bits per heavy atom. The first kappa shape index (κ1) is 20.2. The zero-order valence-electron chi connectivity index (χ0n) is 17.9. The summed E-state index contributed by atoms with van der Waals surface area (Å²) in [6.07, 6.45) is 12.0. The lowest BCUT2D eigenvalue weighted by Gasteiger charge is -2.31. The second-order valence-corrected chi connectivity index (χ2v) is 9.32. The Morgan fingerprint density at radius 3 is 2.68 bits per heavy atom. The monoisotopic (exact) mass is 418 g/mol. The first-order valence-electron chi connectivity index (χ1n) is 11.7. The lowest BCUT2D eigenvalue weighted by atomic mass is 9.90. The molecule has 1 N–H and O–H groups in total. The summed E-state index contributed by atoms with van der Waals surface area (Å²) in [6.45, 7) is 0. The maximum atomic E-state index is 12.7. The van der Waals surface area contributed by atoms with E-state index in [1.807, 2.05) is 35.0 Å². The molecule has 1 aromatic carbocycles. The molecule has 1 aliphatic heterocycles. The molecule has 0 bridgehead atoms.